The molecule has 0 radical (unpaired) electrons. The first-order valence-corrected chi connectivity index (χ1v) is 4.93. The molecule has 1 saturated carbocycles. The Morgan fingerprint density at radius 3 is 2.79 bits per heavy atom. The van der Waals surface area contributed by atoms with Crippen molar-refractivity contribution >= 4 is 18.2 Å². The number of H-pyrrole nitrogens is 1. The third-order valence-electron chi connectivity index (χ3n) is 2.51. The van der Waals surface area contributed by atoms with Gasteiger partial charge < -0.3 is 14.3 Å². The minimum absolute atomic E-state index is 0.335. The van der Waals surface area contributed by atoms with Gasteiger partial charge >= 0.3 is 5.97 Å². The maximum atomic E-state index is 11.4. The van der Waals surface area contributed by atoms with Crippen LogP contribution in [-0.4, -0.2) is 22.6 Å². The number of carbonyl (C=O) groups is 1. The minimum Gasteiger partial charge on any atom is -0.464 e. The van der Waals surface area contributed by atoms with Gasteiger partial charge in [-0.15, -0.1) is 0 Å². The van der Waals surface area contributed by atoms with Crippen molar-refractivity contribution in [3.05, 3.63) is 16.2 Å². The topological polar surface area (TPSA) is 47.0 Å². The summed E-state index contributed by atoms with van der Waals surface area (Å²) >= 11 is 5.08. The number of ether oxygens (including phenoxy) is 1. The summed E-state index contributed by atoms with van der Waals surface area (Å²) in [5.74, 6) is 0.139. The first kappa shape index (κ1) is 9.45. The van der Waals surface area contributed by atoms with E-state index in [9.17, 15) is 4.79 Å². The molecule has 1 fully saturated rings. The minimum atomic E-state index is -0.335. The lowest BCUT2D eigenvalue weighted by molar-refractivity contribution is 0.0593. The van der Waals surface area contributed by atoms with E-state index in [2.05, 4.69) is 4.98 Å². The highest BCUT2D eigenvalue weighted by Gasteiger charge is 2.32. The van der Waals surface area contributed by atoms with Crippen LogP contribution in [0.5, 0.6) is 0 Å². The van der Waals surface area contributed by atoms with Crippen molar-refractivity contribution in [1.82, 2.24) is 9.55 Å². The lowest BCUT2D eigenvalue weighted by Gasteiger charge is -2.02. The summed E-state index contributed by atoms with van der Waals surface area (Å²) in [4.78, 5) is 14.3. The SMILES string of the molecule is COC(=O)c1[nH]c(=S)n(C)c1C1CC1. The van der Waals surface area contributed by atoms with Gasteiger partial charge in [0.05, 0.1) is 12.8 Å². The van der Waals surface area contributed by atoms with Crippen LogP contribution in [0, 0.1) is 4.77 Å². The smallest absolute Gasteiger partial charge is 0.356 e. The lowest BCUT2D eigenvalue weighted by Crippen LogP contribution is -2.06. The van der Waals surface area contributed by atoms with E-state index >= 15 is 0 Å². The molecule has 0 aliphatic heterocycles. The summed E-state index contributed by atoms with van der Waals surface area (Å²) in [6.07, 6.45) is 2.26. The summed E-state index contributed by atoms with van der Waals surface area (Å²) in [5.41, 5.74) is 1.50. The zero-order valence-corrected chi connectivity index (χ0v) is 8.98. The fourth-order valence-corrected chi connectivity index (χ4v) is 1.82. The van der Waals surface area contributed by atoms with E-state index in [0.717, 1.165) is 18.5 Å². The number of esters is 1. The third kappa shape index (κ3) is 1.37. The van der Waals surface area contributed by atoms with Gasteiger partial charge in [0.15, 0.2) is 4.77 Å². The Morgan fingerprint density at radius 2 is 2.29 bits per heavy atom. The normalized spacial score (nSPS) is 15.6. The number of carbonyl (C=O) groups excluding carboxylic acids is 1. The van der Waals surface area contributed by atoms with Crippen molar-refractivity contribution in [2.24, 2.45) is 7.05 Å². The standard InChI is InChI=1S/C9H12N2O2S/c1-11-7(5-3-4-5)6(8(12)13-2)10-9(11)14/h5H,3-4H2,1-2H3,(H,10,14). The van der Waals surface area contributed by atoms with E-state index in [0.29, 0.717) is 16.4 Å². The first-order valence-electron chi connectivity index (χ1n) is 4.52. The van der Waals surface area contributed by atoms with Crippen LogP contribution in [0.4, 0.5) is 0 Å². The molecule has 0 unspecified atom stereocenters. The number of rotatable bonds is 2. The second-order valence-corrected chi connectivity index (χ2v) is 3.90. The molecule has 0 saturated heterocycles. The molecule has 1 aromatic rings. The fourth-order valence-electron chi connectivity index (χ4n) is 1.62. The molecule has 1 aliphatic carbocycles. The largest absolute Gasteiger partial charge is 0.464 e. The molecule has 0 atom stereocenters. The molecule has 0 aromatic carbocycles. The van der Waals surface area contributed by atoms with Crippen molar-refractivity contribution in [2.75, 3.05) is 7.11 Å². The Labute approximate surface area is 86.9 Å². The Morgan fingerprint density at radius 1 is 1.64 bits per heavy atom. The van der Waals surface area contributed by atoms with Gasteiger partial charge in [-0.3, -0.25) is 0 Å². The van der Waals surface area contributed by atoms with Gasteiger partial charge in [-0.05, 0) is 25.1 Å². The van der Waals surface area contributed by atoms with Gasteiger partial charge in [0, 0.05) is 13.0 Å². The highest BCUT2D eigenvalue weighted by atomic mass is 32.1. The maximum Gasteiger partial charge on any atom is 0.356 e. The molecule has 0 bridgehead atoms. The number of imidazole rings is 1. The van der Waals surface area contributed by atoms with E-state index in [1.807, 2.05) is 11.6 Å². The van der Waals surface area contributed by atoms with E-state index in [-0.39, 0.29) is 5.97 Å². The molecule has 1 aliphatic rings. The average molecular weight is 212 g/mol. The molecule has 76 valence electrons. The van der Waals surface area contributed by atoms with Crippen LogP contribution in [-0.2, 0) is 11.8 Å². The predicted molar refractivity (Wildman–Crippen MR) is 53.9 cm³/mol. The molecule has 5 heteroatoms. The van der Waals surface area contributed by atoms with Gasteiger partial charge in [-0.25, -0.2) is 4.79 Å². The Kier molecular flexibility index (Phi) is 2.19. The molecular formula is C9H12N2O2S. The second-order valence-electron chi connectivity index (χ2n) is 3.52. The Hall–Kier alpha value is -1.10. The van der Waals surface area contributed by atoms with Gasteiger partial charge in [0.1, 0.15) is 5.69 Å². The molecule has 1 N–H and O–H groups in total. The van der Waals surface area contributed by atoms with E-state index in [1.165, 1.54) is 7.11 Å². The fraction of sp³-hybridized carbons (Fsp3) is 0.556. The number of nitrogens with zero attached hydrogens (tertiary/aromatic N) is 1. The molecular weight excluding hydrogens is 200 g/mol. The highest BCUT2D eigenvalue weighted by molar-refractivity contribution is 7.71. The average Bonchev–Trinajstić information content (AvgIpc) is 2.95. The van der Waals surface area contributed by atoms with Crippen molar-refractivity contribution in [2.45, 2.75) is 18.8 Å². The van der Waals surface area contributed by atoms with Crippen molar-refractivity contribution in [3.8, 4) is 0 Å². The van der Waals surface area contributed by atoms with Crippen LogP contribution in [0.1, 0.15) is 34.9 Å². The van der Waals surface area contributed by atoms with Crippen LogP contribution in [0.15, 0.2) is 0 Å². The molecule has 0 amide bonds. The van der Waals surface area contributed by atoms with Crippen molar-refractivity contribution < 1.29 is 9.53 Å². The number of aromatic nitrogens is 2. The molecule has 14 heavy (non-hydrogen) atoms. The molecule has 0 spiro atoms. The summed E-state index contributed by atoms with van der Waals surface area (Å²) in [5, 5.41) is 0. The number of hydrogen-bond donors (Lipinski definition) is 1. The number of methoxy groups -OCH3 is 1. The quantitative estimate of drug-likeness (QED) is 0.600. The van der Waals surface area contributed by atoms with Crippen LogP contribution < -0.4 is 0 Å². The predicted octanol–water partition coefficient (Wildman–Crippen LogP) is 1.75. The summed E-state index contributed by atoms with van der Waals surface area (Å²) < 4.78 is 7.13. The van der Waals surface area contributed by atoms with Gasteiger partial charge in [-0.1, -0.05) is 0 Å². The van der Waals surface area contributed by atoms with Gasteiger partial charge in [0.25, 0.3) is 0 Å². The number of nitrogens with one attached hydrogen (secondary N) is 1. The Bertz CT molecular complexity index is 429. The lowest BCUT2D eigenvalue weighted by atomic mass is 10.2. The van der Waals surface area contributed by atoms with Crippen LogP contribution >= 0.6 is 12.2 Å². The van der Waals surface area contributed by atoms with E-state index in [4.69, 9.17) is 17.0 Å². The summed E-state index contributed by atoms with van der Waals surface area (Å²) in [7, 11) is 3.25. The van der Waals surface area contributed by atoms with Gasteiger partial charge in [-0.2, -0.15) is 0 Å². The van der Waals surface area contributed by atoms with E-state index in [1.54, 1.807) is 0 Å². The van der Waals surface area contributed by atoms with Crippen molar-refractivity contribution in [1.29, 1.82) is 0 Å². The Balaban J connectivity index is 2.53. The molecule has 2 rings (SSSR count). The van der Waals surface area contributed by atoms with Crippen LogP contribution in [0.25, 0.3) is 0 Å². The number of hydrogen-bond acceptors (Lipinski definition) is 3. The van der Waals surface area contributed by atoms with Crippen LogP contribution in [0.3, 0.4) is 0 Å². The first-order chi connectivity index (χ1) is 6.65. The summed E-state index contributed by atoms with van der Waals surface area (Å²) in [6, 6.07) is 0. The maximum absolute atomic E-state index is 11.4. The van der Waals surface area contributed by atoms with E-state index < -0.39 is 0 Å². The highest BCUT2D eigenvalue weighted by Crippen LogP contribution is 2.41. The van der Waals surface area contributed by atoms with Crippen LogP contribution in [0.2, 0.25) is 0 Å². The molecule has 4 nitrogen and oxygen atoms in total. The molecule has 1 heterocycles. The second kappa shape index (κ2) is 3.24. The zero-order valence-electron chi connectivity index (χ0n) is 8.16. The number of aromatic amines is 1. The zero-order chi connectivity index (χ0) is 10.3. The molecule has 1 aromatic heterocycles. The van der Waals surface area contributed by atoms with Crippen molar-refractivity contribution in [3.63, 3.8) is 0 Å². The third-order valence-corrected chi connectivity index (χ3v) is 2.88. The summed E-state index contributed by atoms with van der Waals surface area (Å²) in [6.45, 7) is 0. The van der Waals surface area contributed by atoms with Gasteiger partial charge in [0.2, 0.25) is 0 Å². The monoisotopic (exact) mass is 212 g/mol.